The third-order valence-corrected chi connectivity index (χ3v) is 2.05. The predicted octanol–water partition coefficient (Wildman–Crippen LogP) is 1.32. The first-order valence-corrected chi connectivity index (χ1v) is 5.31. The van der Waals surface area contributed by atoms with Gasteiger partial charge in [-0.1, -0.05) is 0 Å². The number of esters is 1. The first-order chi connectivity index (χ1) is 8.15. The van der Waals surface area contributed by atoms with Crippen molar-refractivity contribution < 1.29 is 18.3 Å². The maximum atomic E-state index is 12.4. The molecular weight excluding hydrogens is 232 g/mol. The summed E-state index contributed by atoms with van der Waals surface area (Å²) in [6.07, 6.45) is 2.74. The van der Waals surface area contributed by atoms with Gasteiger partial charge in [0.1, 0.15) is 5.82 Å². The number of rotatable bonds is 7. The van der Waals surface area contributed by atoms with Crippen molar-refractivity contribution >= 4 is 5.97 Å². The SMILES string of the molecule is CCOC(=O)CCNCc1nccn1C(F)F. The molecule has 0 saturated heterocycles. The van der Waals surface area contributed by atoms with Crippen LogP contribution in [0.5, 0.6) is 0 Å². The average molecular weight is 247 g/mol. The molecule has 0 aliphatic carbocycles. The zero-order chi connectivity index (χ0) is 12.7. The molecule has 0 saturated carbocycles. The normalized spacial score (nSPS) is 10.8. The molecule has 1 aromatic heterocycles. The third kappa shape index (κ3) is 4.48. The Balaban J connectivity index is 2.26. The molecule has 0 atom stereocenters. The van der Waals surface area contributed by atoms with E-state index in [-0.39, 0.29) is 24.8 Å². The van der Waals surface area contributed by atoms with Crippen molar-refractivity contribution in [1.29, 1.82) is 0 Å². The van der Waals surface area contributed by atoms with Crippen LogP contribution in [0.2, 0.25) is 0 Å². The minimum Gasteiger partial charge on any atom is -0.466 e. The van der Waals surface area contributed by atoms with Crippen LogP contribution in [0.25, 0.3) is 0 Å². The number of imidazole rings is 1. The Morgan fingerprint density at radius 3 is 3.06 bits per heavy atom. The topological polar surface area (TPSA) is 56.1 Å². The number of aromatic nitrogens is 2. The smallest absolute Gasteiger partial charge is 0.319 e. The van der Waals surface area contributed by atoms with Gasteiger partial charge in [-0.3, -0.25) is 9.36 Å². The van der Waals surface area contributed by atoms with E-state index in [2.05, 4.69) is 10.3 Å². The summed E-state index contributed by atoms with van der Waals surface area (Å²) in [5.41, 5.74) is 0. The van der Waals surface area contributed by atoms with E-state index in [1.165, 1.54) is 12.4 Å². The van der Waals surface area contributed by atoms with Gasteiger partial charge in [0.15, 0.2) is 0 Å². The van der Waals surface area contributed by atoms with Crippen molar-refractivity contribution in [2.75, 3.05) is 13.2 Å². The standard InChI is InChI=1S/C10H15F2N3O2/c1-2-17-9(16)3-4-13-7-8-14-5-6-15(8)10(11)12/h5-6,10,13H,2-4,7H2,1H3. The van der Waals surface area contributed by atoms with Crippen LogP contribution in [0.15, 0.2) is 12.4 Å². The average Bonchev–Trinajstić information content (AvgIpc) is 2.73. The highest BCUT2D eigenvalue weighted by atomic mass is 19.3. The van der Waals surface area contributed by atoms with Crippen molar-refractivity contribution in [2.24, 2.45) is 0 Å². The first-order valence-electron chi connectivity index (χ1n) is 5.31. The molecule has 5 nitrogen and oxygen atoms in total. The highest BCUT2D eigenvalue weighted by molar-refractivity contribution is 5.69. The summed E-state index contributed by atoms with van der Waals surface area (Å²) >= 11 is 0. The van der Waals surface area contributed by atoms with Crippen LogP contribution in [0, 0.1) is 0 Å². The fourth-order valence-electron chi connectivity index (χ4n) is 1.28. The van der Waals surface area contributed by atoms with Crippen LogP contribution in [0.4, 0.5) is 8.78 Å². The van der Waals surface area contributed by atoms with E-state index in [0.717, 1.165) is 4.57 Å². The molecule has 17 heavy (non-hydrogen) atoms. The molecule has 1 N–H and O–H groups in total. The molecule has 1 aromatic rings. The van der Waals surface area contributed by atoms with Gasteiger partial charge in [-0.25, -0.2) is 4.98 Å². The van der Waals surface area contributed by atoms with E-state index >= 15 is 0 Å². The van der Waals surface area contributed by atoms with Crippen molar-refractivity contribution in [3.8, 4) is 0 Å². The fraction of sp³-hybridized carbons (Fsp3) is 0.600. The summed E-state index contributed by atoms with van der Waals surface area (Å²) in [7, 11) is 0. The highest BCUT2D eigenvalue weighted by Crippen LogP contribution is 2.11. The molecule has 0 unspecified atom stereocenters. The minimum atomic E-state index is -2.60. The van der Waals surface area contributed by atoms with E-state index in [1.807, 2.05) is 0 Å². The Morgan fingerprint density at radius 1 is 1.65 bits per heavy atom. The quantitative estimate of drug-likeness (QED) is 0.583. The Hall–Kier alpha value is -1.50. The molecule has 0 aromatic carbocycles. The second-order valence-electron chi connectivity index (χ2n) is 3.26. The van der Waals surface area contributed by atoms with Crippen LogP contribution in [-0.4, -0.2) is 28.7 Å². The second-order valence-corrected chi connectivity index (χ2v) is 3.26. The van der Waals surface area contributed by atoms with E-state index in [9.17, 15) is 13.6 Å². The summed E-state index contributed by atoms with van der Waals surface area (Å²) in [6.45, 7) is 0.0322. The number of carbonyl (C=O) groups is 1. The fourth-order valence-corrected chi connectivity index (χ4v) is 1.28. The highest BCUT2D eigenvalue weighted by Gasteiger charge is 2.10. The van der Waals surface area contributed by atoms with Crippen LogP contribution < -0.4 is 5.32 Å². The molecule has 0 bridgehead atoms. The Labute approximate surface area is 97.8 Å². The van der Waals surface area contributed by atoms with Crippen molar-refractivity contribution in [3.63, 3.8) is 0 Å². The number of nitrogens with zero attached hydrogens (tertiary/aromatic N) is 2. The maximum Gasteiger partial charge on any atom is 0.319 e. The lowest BCUT2D eigenvalue weighted by molar-refractivity contribution is -0.142. The number of hydrogen-bond acceptors (Lipinski definition) is 4. The summed E-state index contributed by atoms with van der Waals surface area (Å²) < 4.78 is 30.3. The number of carbonyl (C=O) groups excluding carboxylic acids is 1. The van der Waals surface area contributed by atoms with Gasteiger partial charge in [0.05, 0.1) is 19.6 Å². The molecule has 96 valence electrons. The summed E-state index contributed by atoms with van der Waals surface area (Å²) in [5, 5.41) is 2.85. The minimum absolute atomic E-state index is 0.191. The first kappa shape index (κ1) is 13.6. The molecule has 0 amide bonds. The molecule has 1 rings (SSSR count). The lowest BCUT2D eigenvalue weighted by Gasteiger charge is -2.07. The number of halogens is 2. The Bertz CT molecular complexity index is 355. The molecule has 0 radical (unpaired) electrons. The molecule has 0 aliphatic heterocycles. The number of alkyl halides is 2. The van der Waals surface area contributed by atoms with Crippen LogP contribution in [0.1, 0.15) is 25.7 Å². The lowest BCUT2D eigenvalue weighted by Crippen LogP contribution is -2.21. The monoisotopic (exact) mass is 247 g/mol. The van der Waals surface area contributed by atoms with Crippen molar-refractivity contribution in [3.05, 3.63) is 18.2 Å². The Morgan fingerprint density at radius 2 is 2.41 bits per heavy atom. The summed E-state index contributed by atoms with van der Waals surface area (Å²) in [6, 6.07) is 0. The zero-order valence-corrected chi connectivity index (χ0v) is 9.53. The molecule has 0 fully saturated rings. The van der Waals surface area contributed by atoms with E-state index in [4.69, 9.17) is 4.74 Å². The van der Waals surface area contributed by atoms with Gasteiger partial charge in [-0.2, -0.15) is 8.78 Å². The van der Waals surface area contributed by atoms with Crippen LogP contribution in [0.3, 0.4) is 0 Å². The van der Waals surface area contributed by atoms with Crippen molar-refractivity contribution in [1.82, 2.24) is 14.9 Å². The van der Waals surface area contributed by atoms with Gasteiger partial charge in [0.2, 0.25) is 0 Å². The zero-order valence-electron chi connectivity index (χ0n) is 9.53. The van der Waals surface area contributed by atoms with Crippen LogP contribution >= 0.6 is 0 Å². The number of hydrogen-bond donors (Lipinski definition) is 1. The molecule has 1 heterocycles. The lowest BCUT2D eigenvalue weighted by atomic mass is 10.4. The molecule has 7 heteroatoms. The van der Waals surface area contributed by atoms with Crippen LogP contribution in [-0.2, 0) is 16.1 Å². The molecular formula is C10H15F2N3O2. The van der Waals surface area contributed by atoms with Gasteiger partial charge in [0.25, 0.3) is 0 Å². The van der Waals surface area contributed by atoms with Gasteiger partial charge in [-0.05, 0) is 6.92 Å². The number of ether oxygens (including phenoxy) is 1. The molecule has 0 aliphatic rings. The summed E-state index contributed by atoms with van der Waals surface area (Å²) in [4.78, 5) is 14.8. The van der Waals surface area contributed by atoms with Gasteiger partial charge in [0, 0.05) is 18.9 Å². The third-order valence-electron chi connectivity index (χ3n) is 2.05. The predicted molar refractivity (Wildman–Crippen MR) is 56.4 cm³/mol. The Kier molecular flexibility index (Phi) is 5.55. The van der Waals surface area contributed by atoms with Gasteiger partial charge in [-0.15, -0.1) is 0 Å². The van der Waals surface area contributed by atoms with Crippen molar-refractivity contribution in [2.45, 2.75) is 26.4 Å². The second kappa shape index (κ2) is 6.95. The number of nitrogens with one attached hydrogen (secondary N) is 1. The summed E-state index contributed by atoms with van der Waals surface area (Å²) in [5.74, 6) is -0.0685. The van der Waals surface area contributed by atoms with E-state index in [0.29, 0.717) is 13.2 Å². The molecule has 0 spiro atoms. The van der Waals surface area contributed by atoms with Gasteiger partial charge < -0.3 is 10.1 Å². The van der Waals surface area contributed by atoms with Gasteiger partial charge >= 0.3 is 12.5 Å². The maximum absolute atomic E-state index is 12.4. The largest absolute Gasteiger partial charge is 0.466 e. The van der Waals surface area contributed by atoms with E-state index in [1.54, 1.807) is 6.92 Å². The van der Waals surface area contributed by atoms with E-state index < -0.39 is 6.55 Å².